The highest BCUT2D eigenvalue weighted by atomic mass is 35.5. The van der Waals surface area contributed by atoms with Gasteiger partial charge in [-0.05, 0) is 25.0 Å². The molecular formula is C13H16ClFN2O. The van der Waals surface area contributed by atoms with Crippen LogP contribution in [0, 0.1) is 5.82 Å². The molecule has 1 fully saturated rings. The summed E-state index contributed by atoms with van der Waals surface area (Å²) in [5.74, 6) is -1.09. The normalized spacial score (nSPS) is 23.7. The van der Waals surface area contributed by atoms with Crippen molar-refractivity contribution in [3.8, 4) is 0 Å². The Bertz CT molecular complexity index is 432. The van der Waals surface area contributed by atoms with E-state index in [9.17, 15) is 9.18 Å². The lowest BCUT2D eigenvalue weighted by Crippen LogP contribution is -2.49. The fraction of sp³-hybridized carbons (Fsp3) is 0.462. The minimum Gasteiger partial charge on any atom is -0.348 e. The van der Waals surface area contributed by atoms with Gasteiger partial charge in [-0.25, -0.2) is 4.39 Å². The molecule has 2 unspecified atom stereocenters. The molecule has 1 aromatic rings. The van der Waals surface area contributed by atoms with Crippen molar-refractivity contribution in [1.82, 2.24) is 5.32 Å². The summed E-state index contributed by atoms with van der Waals surface area (Å²) in [5, 5.41) is 2.90. The molecule has 1 aromatic carbocycles. The molecule has 1 saturated carbocycles. The van der Waals surface area contributed by atoms with Gasteiger partial charge in [-0.2, -0.15) is 0 Å². The third kappa shape index (κ3) is 2.82. The molecule has 0 bridgehead atoms. The van der Waals surface area contributed by atoms with Gasteiger partial charge in [-0.1, -0.05) is 30.5 Å². The van der Waals surface area contributed by atoms with Gasteiger partial charge in [0.1, 0.15) is 5.82 Å². The number of carbonyl (C=O) groups is 1. The molecule has 0 spiro atoms. The first-order chi connectivity index (χ1) is 8.59. The molecule has 3 nitrogen and oxygen atoms in total. The molecule has 3 N–H and O–H groups in total. The minimum absolute atomic E-state index is 0.0618. The maximum absolute atomic E-state index is 13.6. The number of halogens is 2. The smallest absolute Gasteiger partial charge is 0.256 e. The second-order valence-corrected chi connectivity index (χ2v) is 5.03. The fourth-order valence-corrected chi connectivity index (χ4v) is 2.54. The van der Waals surface area contributed by atoms with E-state index in [0.29, 0.717) is 0 Å². The van der Waals surface area contributed by atoms with Gasteiger partial charge < -0.3 is 11.1 Å². The summed E-state index contributed by atoms with van der Waals surface area (Å²) in [6.45, 7) is 0. The maximum atomic E-state index is 13.6. The molecule has 5 heteroatoms. The van der Waals surface area contributed by atoms with E-state index in [4.69, 9.17) is 17.3 Å². The van der Waals surface area contributed by atoms with E-state index in [1.807, 2.05) is 0 Å². The van der Waals surface area contributed by atoms with Crippen LogP contribution in [0.15, 0.2) is 18.2 Å². The zero-order valence-corrected chi connectivity index (χ0v) is 10.7. The predicted octanol–water partition coefficient (Wildman–Crippen LogP) is 2.48. The summed E-state index contributed by atoms with van der Waals surface area (Å²) in [5.41, 5.74) is 5.84. The van der Waals surface area contributed by atoms with Crippen LogP contribution in [0.3, 0.4) is 0 Å². The Morgan fingerprint density at radius 3 is 2.78 bits per heavy atom. The second-order valence-electron chi connectivity index (χ2n) is 4.62. The Morgan fingerprint density at radius 1 is 1.39 bits per heavy atom. The number of amides is 1. The van der Waals surface area contributed by atoms with Crippen molar-refractivity contribution in [2.45, 2.75) is 37.8 Å². The third-order valence-corrected chi connectivity index (χ3v) is 3.64. The van der Waals surface area contributed by atoms with Crippen LogP contribution in [-0.2, 0) is 0 Å². The van der Waals surface area contributed by atoms with Crippen LogP contribution in [-0.4, -0.2) is 18.0 Å². The first-order valence-electron chi connectivity index (χ1n) is 6.10. The van der Waals surface area contributed by atoms with Crippen LogP contribution >= 0.6 is 11.6 Å². The summed E-state index contributed by atoms with van der Waals surface area (Å²) in [6, 6.07) is 4.04. The second kappa shape index (κ2) is 5.67. The van der Waals surface area contributed by atoms with E-state index in [2.05, 4.69) is 5.32 Å². The van der Waals surface area contributed by atoms with E-state index >= 15 is 0 Å². The highest BCUT2D eigenvalue weighted by molar-refractivity contribution is 6.33. The van der Waals surface area contributed by atoms with Crippen molar-refractivity contribution >= 4 is 17.5 Å². The molecule has 0 radical (unpaired) electrons. The summed E-state index contributed by atoms with van der Waals surface area (Å²) in [4.78, 5) is 12.0. The molecule has 1 aliphatic carbocycles. The minimum atomic E-state index is -0.607. The van der Waals surface area contributed by atoms with E-state index in [1.165, 1.54) is 18.2 Å². The van der Waals surface area contributed by atoms with Gasteiger partial charge in [0.15, 0.2) is 0 Å². The van der Waals surface area contributed by atoms with Crippen molar-refractivity contribution in [2.75, 3.05) is 0 Å². The van der Waals surface area contributed by atoms with Crippen molar-refractivity contribution in [3.63, 3.8) is 0 Å². The molecule has 0 saturated heterocycles. The highest BCUT2D eigenvalue weighted by Crippen LogP contribution is 2.21. The van der Waals surface area contributed by atoms with Crippen LogP contribution in [0.1, 0.15) is 36.0 Å². The van der Waals surface area contributed by atoms with Crippen molar-refractivity contribution < 1.29 is 9.18 Å². The topological polar surface area (TPSA) is 55.1 Å². The fourth-order valence-electron chi connectivity index (χ4n) is 2.29. The Labute approximate surface area is 111 Å². The van der Waals surface area contributed by atoms with E-state index in [0.717, 1.165) is 25.7 Å². The lowest BCUT2D eigenvalue weighted by molar-refractivity contribution is 0.0917. The Morgan fingerprint density at radius 2 is 2.11 bits per heavy atom. The van der Waals surface area contributed by atoms with Crippen LogP contribution in [0.4, 0.5) is 4.39 Å². The molecule has 18 heavy (non-hydrogen) atoms. The number of benzene rings is 1. The van der Waals surface area contributed by atoms with Crippen molar-refractivity contribution in [1.29, 1.82) is 0 Å². The monoisotopic (exact) mass is 270 g/mol. The average Bonchev–Trinajstić information content (AvgIpc) is 2.32. The zero-order chi connectivity index (χ0) is 13.1. The van der Waals surface area contributed by atoms with Gasteiger partial charge >= 0.3 is 0 Å². The maximum Gasteiger partial charge on any atom is 0.256 e. The lowest BCUT2D eigenvalue weighted by Gasteiger charge is -2.29. The molecule has 2 atom stereocenters. The molecule has 98 valence electrons. The summed E-state index contributed by atoms with van der Waals surface area (Å²) in [6.07, 6.45) is 3.83. The van der Waals surface area contributed by atoms with E-state index in [-0.39, 0.29) is 22.7 Å². The first kappa shape index (κ1) is 13.3. The molecule has 1 amide bonds. The summed E-state index contributed by atoms with van der Waals surface area (Å²) >= 11 is 5.85. The first-order valence-corrected chi connectivity index (χ1v) is 6.48. The summed E-state index contributed by atoms with van der Waals surface area (Å²) < 4.78 is 13.6. The standard InChI is InChI=1S/C13H16ClFN2O/c14-8-4-3-5-9(15)12(8)13(18)17-11-7-2-1-6-10(11)16/h3-5,10-11H,1-2,6-7,16H2,(H,17,18). The number of nitrogens with two attached hydrogens (primary N) is 1. The van der Waals surface area contributed by atoms with Crippen molar-refractivity contribution in [2.24, 2.45) is 5.73 Å². The SMILES string of the molecule is NC1CCCCC1NC(=O)c1c(F)cccc1Cl. The highest BCUT2D eigenvalue weighted by Gasteiger charge is 2.25. The van der Waals surface area contributed by atoms with E-state index < -0.39 is 11.7 Å². The quantitative estimate of drug-likeness (QED) is 0.867. The Kier molecular flexibility index (Phi) is 4.19. The largest absolute Gasteiger partial charge is 0.348 e. The van der Waals surface area contributed by atoms with Gasteiger partial charge in [0, 0.05) is 12.1 Å². The zero-order valence-electron chi connectivity index (χ0n) is 9.96. The van der Waals surface area contributed by atoms with Crippen molar-refractivity contribution in [3.05, 3.63) is 34.6 Å². The van der Waals surface area contributed by atoms with Gasteiger partial charge in [-0.3, -0.25) is 4.79 Å². The molecule has 0 heterocycles. The van der Waals surface area contributed by atoms with E-state index in [1.54, 1.807) is 0 Å². The number of rotatable bonds is 2. The van der Waals surface area contributed by atoms with Crippen LogP contribution in [0.25, 0.3) is 0 Å². The van der Waals surface area contributed by atoms with Gasteiger partial charge in [0.25, 0.3) is 5.91 Å². The molecule has 0 aromatic heterocycles. The average molecular weight is 271 g/mol. The third-order valence-electron chi connectivity index (χ3n) is 3.33. The number of carbonyl (C=O) groups excluding carboxylic acids is 1. The van der Waals surface area contributed by atoms with Gasteiger partial charge in [0.05, 0.1) is 10.6 Å². The molecule has 2 rings (SSSR count). The predicted molar refractivity (Wildman–Crippen MR) is 69.1 cm³/mol. The summed E-state index contributed by atoms with van der Waals surface area (Å²) in [7, 11) is 0. The van der Waals surface area contributed by atoms with Gasteiger partial charge in [0.2, 0.25) is 0 Å². The Hall–Kier alpha value is -1.13. The van der Waals surface area contributed by atoms with Crippen LogP contribution in [0.2, 0.25) is 5.02 Å². The number of hydrogen-bond donors (Lipinski definition) is 2. The molecule has 1 aliphatic rings. The number of hydrogen-bond acceptors (Lipinski definition) is 2. The molecular weight excluding hydrogens is 255 g/mol. The Balaban J connectivity index is 2.12. The number of nitrogens with one attached hydrogen (secondary N) is 1. The van der Waals surface area contributed by atoms with Crippen LogP contribution < -0.4 is 11.1 Å². The van der Waals surface area contributed by atoms with Gasteiger partial charge in [-0.15, -0.1) is 0 Å². The van der Waals surface area contributed by atoms with Crippen LogP contribution in [0.5, 0.6) is 0 Å². The lowest BCUT2D eigenvalue weighted by atomic mass is 9.91. The molecule has 0 aliphatic heterocycles.